The van der Waals surface area contributed by atoms with Crippen LogP contribution in [0.3, 0.4) is 0 Å². The number of carbonyl (C=O) groups excluding carboxylic acids is 3. The van der Waals surface area contributed by atoms with E-state index in [0.29, 0.717) is 23.7 Å². The molecule has 2 amide bonds. The maximum atomic E-state index is 15.0. The summed E-state index contributed by atoms with van der Waals surface area (Å²) in [5.41, 5.74) is -0.482. The molecule has 7 rings (SSSR count). The third kappa shape index (κ3) is 5.91. The van der Waals surface area contributed by atoms with Gasteiger partial charge in [-0.15, -0.1) is 0 Å². The number of fused-ring (bicyclic) bond motifs is 7. The van der Waals surface area contributed by atoms with E-state index in [9.17, 15) is 24.3 Å². The third-order valence-electron chi connectivity index (χ3n) is 19.2. The van der Waals surface area contributed by atoms with Crippen molar-refractivity contribution in [3.63, 3.8) is 0 Å². The Labute approximate surface area is 332 Å². The van der Waals surface area contributed by atoms with Gasteiger partial charge in [-0.25, -0.2) is 0 Å². The molecule has 6 aliphatic carbocycles. The maximum absolute atomic E-state index is 15.0. The van der Waals surface area contributed by atoms with E-state index in [2.05, 4.69) is 67.3 Å². The van der Waals surface area contributed by atoms with Gasteiger partial charge in [0.05, 0.1) is 17.3 Å². The number of hydrogen-bond donors (Lipinski definition) is 2. The standard InChI is InChI=1S/C47H74N2O6/c1-28(2)29-16-21-47(39(52)48-34-26-31(42(34,5)6)38(51)49-24-12-13-25-49)23-22-45(10)30(37(29)47)14-15-33-44(9)19-18-35(55-36(50)27-41(3,4)40(53)54)43(7,8)32(44)17-20-46(33,45)11/h29-35,37H,1,12-27H2,2-11H3,(H,48,52)(H,53,54)/t29-,30?,31+,32?,33?,34?,35-,37?,44-,45+,46+,47-/m0/s1. The van der Waals surface area contributed by atoms with Crippen molar-refractivity contribution in [2.75, 3.05) is 13.1 Å². The van der Waals surface area contributed by atoms with Gasteiger partial charge in [-0.3, -0.25) is 19.2 Å². The Morgan fingerprint density at radius 2 is 1.49 bits per heavy atom. The topological polar surface area (TPSA) is 113 Å². The minimum atomic E-state index is -1.16. The highest BCUT2D eigenvalue weighted by Crippen LogP contribution is 2.77. The maximum Gasteiger partial charge on any atom is 0.309 e. The van der Waals surface area contributed by atoms with Gasteiger partial charge >= 0.3 is 11.9 Å². The second-order valence-electron chi connectivity index (χ2n) is 22.7. The number of amides is 2. The van der Waals surface area contributed by atoms with E-state index in [1.54, 1.807) is 13.8 Å². The Morgan fingerprint density at radius 3 is 2.11 bits per heavy atom. The highest BCUT2D eigenvalue weighted by atomic mass is 16.5. The normalized spacial score (nSPS) is 44.1. The van der Waals surface area contributed by atoms with Gasteiger partial charge in [0.15, 0.2) is 0 Å². The van der Waals surface area contributed by atoms with Crippen LogP contribution in [0.4, 0.5) is 0 Å². The third-order valence-corrected chi connectivity index (χ3v) is 19.2. The van der Waals surface area contributed by atoms with Crippen LogP contribution in [0, 0.1) is 73.4 Å². The predicted octanol–water partition coefficient (Wildman–Crippen LogP) is 9.21. The van der Waals surface area contributed by atoms with E-state index in [0.717, 1.165) is 96.6 Å². The Balaban J connectivity index is 1.11. The molecule has 1 aliphatic heterocycles. The largest absolute Gasteiger partial charge is 0.481 e. The number of esters is 1. The van der Waals surface area contributed by atoms with E-state index < -0.39 is 22.8 Å². The second kappa shape index (κ2) is 13.3. The van der Waals surface area contributed by atoms with Crippen LogP contribution in [0.25, 0.3) is 0 Å². The van der Waals surface area contributed by atoms with Crippen LogP contribution >= 0.6 is 0 Å². The van der Waals surface area contributed by atoms with Crippen molar-refractivity contribution in [1.82, 2.24) is 10.2 Å². The van der Waals surface area contributed by atoms with Gasteiger partial charge in [0.2, 0.25) is 11.8 Å². The number of carbonyl (C=O) groups is 4. The fraction of sp³-hybridized carbons (Fsp3) is 0.872. The lowest BCUT2D eigenvalue weighted by atomic mass is 9.32. The molecule has 12 atom stereocenters. The number of allylic oxidation sites excluding steroid dienone is 1. The first-order valence-corrected chi connectivity index (χ1v) is 22.2. The average Bonchev–Trinajstić information content (AvgIpc) is 3.77. The highest BCUT2D eigenvalue weighted by molar-refractivity contribution is 5.86. The molecule has 0 aromatic carbocycles. The van der Waals surface area contributed by atoms with Gasteiger partial charge in [-0.2, -0.15) is 0 Å². The molecule has 5 unspecified atom stereocenters. The zero-order valence-corrected chi connectivity index (χ0v) is 36.1. The molecular formula is C47H74N2O6. The van der Waals surface area contributed by atoms with Crippen molar-refractivity contribution < 1.29 is 29.0 Å². The number of carboxylic acid groups (broad SMARTS) is 1. The molecular weight excluding hydrogens is 689 g/mol. The molecule has 8 heteroatoms. The first kappa shape index (κ1) is 40.8. The van der Waals surface area contributed by atoms with Crippen molar-refractivity contribution in [1.29, 1.82) is 0 Å². The minimum Gasteiger partial charge on any atom is -0.481 e. The molecule has 308 valence electrons. The summed E-state index contributed by atoms with van der Waals surface area (Å²) in [5, 5.41) is 13.3. The molecule has 0 bridgehead atoms. The van der Waals surface area contributed by atoms with Crippen molar-refractivity contribution in [3.05, 3.63) is 12.2 Å². The number of ether oxygens (including phenoxy) is 1. The average molecular weight is 763 g/mol. The Bertz CT molecular complexity index is 1610. The van der Waals surface area contributed by atoms with Gasteiger partial charge in [0.25, 0.3) is 0 Å². The summed E-state index contributed by atoms with van der Waals surface area (Å²) < 4.78 is 6.19. The summed E-state index contributed by atoms with van der Waals surface area (Å²) in [7, 11) is 0. The van der Waals surface area contributed by atoms with Gasteiger partial charge in [-0.1, -0.05) is 60.6 Å². The molecule has 7 aliphatic rings. The molecule has 1 saturated heterocycles. The summed E-state index contributed by atoms with van der Waals surface area (Å²) in [5.74, 6) is 1.12. The zero-order chi connectivity index (χ0) is 40.3. The van der Waals surface area contributed by atoms with Crippen LogP contribution in [0.2, 0.25) is 0 Å². The minimum absolute atomic E-state index is 0.0199. The SMILES string of the molecule is C=C(C)[C@@H]1CC[C@]2(C(=O)NC3C[C@H](C(=O)N4CCCC4)C3(C)C)CC[C@]3(C)C(CCC4[C@@]5(C)CC[C@H](OC(=O)CC(C)(C)C(=O)O)C(C)(C)C5CC[C@]43C)C12. The molecule has 1 heterocycles. The number of nitrogens with one attached hydrogen (secondary N) is 1. The molecule has 0 radical (unpaired) electrons. The summed E-state index contributed by atoms with van der Waals surface area (Å²) in [6.45, 7) is 28.4. The van der Waals surface area contributed by atoms with Crippen LogP contribution in [0.1, 0.15) is 159 Å². The lowest BCUT2D eigenvalue weighted by Gasteiger charge is -2.73. The van der Waals surface area contributed by atoms with Crippen molar-refractivity contribution in [2.24, 2.45) is 73.4 Å². The number of aliphatic carboxylic acids is 1. The van der Waals surface area contributed by atoms with Gasteiger partial charge < -0.3 is 20.1 Å². The molecule has 0 spiro atoms. The lowest BCUT2D eigenvalue weighted by Crippen LogP contribution is -2.68. The highest BCUT2D eigenvalue weighted by Gasteiger charge is 2.72. The molecule has 7 fully saturated rings. The fourth-order valence-corrected chi connectivity index (χ4v) is 15.4. The number of hydrogen-bond acceptors (Lipinski definition) is 5. The van der Waals surface area contributed by atoms with Crippen LogP contribution in [0.15, 0.2) is 12.2 Å². The molecule has 6 saturated carbocycles. The number of rotatable bonds is 8. The van der Waals surface area contributed by atoms with Crippen LogP contribution < -0.4 is 5.32 Å². The van der Waals surface area contributed by atoms with E-state index >= 15 is 0 Å². The predicted molar refractivity (Wildman–Crippen MR) is 215 cm³/mol. The Kier molecular flexibility index (Phi) is 9.89. The van der Waals surface area contributed by atoms with Crippen molar-refractivity contribution >= 4 is 23.8 Å². The first-order valence-electron chi connectivity index (χ1n) is 22.2. The number of nitrogens with zero attached hydrogens (tertiary/aromatic N) is 1. The fourth-order valence-electron chi connectivity index (χ4n) is 15.4. The summed E-state index contributed by atoms with van der Waals surface area (Å²) in [6.07, 6.45) is 12.8. The van der Waals surface area contributed by atoms with Gasteiger partial charge in [0, 0.05) is 30.5 Å². The monoisotopic (exact) mass is 763 g/mol. The summed E-state index contributed by atoms with van der Waals surface area (Å²) in [4.78, 5) is 55.4. The quantitative estimate of drug-likeness (QED) is 0.188. The Hall–Kier alpha value is -2.38. The molecule has 55 heavy (non-hydrogen) atoms. The number of carboxylic acids is 1. The molecule has 0 aromatic heterocycles. The summed E-state index contributed by atoms with van der Waals surface area (Å²) in [6, 6.07) is 0.0219. The van der Waals surface area contributed by atoms with E-state index in [-0.39, 0.29) is 69.3 Å². The van der Waals surface area contributed by atoms with Crippen molar-refractivity contribution in [2.45, 2.75) is 171 Å². The second-order valence-corrected chi connectivity index (χ2v) is 22.7. The Morgan fingerprint density at radius 1 is 0.818 bits per heavy atom. The summed E-state index contributed by atoms with van der Waals surface area (Å²) >= 11 is 0. The van der Waals surface area contributed by atoms with Gasteiger partial charge in [0.1, 0.15) is 6.10 Å². The van der Waals surface area contributed by atoms with Crippen molar-refractivity contribution in [3.8, 4) is 0 Å². The number of likely N-dealkylation sites (tertiary alicyclic amines) is 1. The zero-order valence-electron chi connectivity index (χ0n) is 36.1. The van der Waals surface area contributed by atoms with E-state index in [4.69, 9.17) is 4.74 Å². The molecule has 0 aromatic rings. The molecule has 2 N–H and O–H groups in total. The van der Waals surface area contributed by atoms with Gasteiger partial charge in [-0.05, 0) is 155 Å². The van der Waals surface area contributed by atoms with Crippen LogP contribution in [0.5, 0.6) is 0 Å². The smallest absolute Gasteiger partial charge is 0.309 e. The van der Waals surface area contributed by atoms with Crippen LogP contribution in [-0.4, -0.2) is 59.0 Å². The lowest BCUT2D eigenvalue weighted by molar-refractivity contribution is -0.249. The first-order chi connectivity index (χ1) is 25.5. The van der Waals surface area contributed by atoms with E-state index in [1.807, 2.05) is 4.90 Å². The van der Waals surface area contributed by atoms with E-state index in [1.165, 1.54) is 5.57 Å². The van der Waals surface area contributed by atoms with Crippen LogP contribution in [-0.2, 0) is 23.9 Å². The molecule has 8 nitrogen and oxygen atoms in total.